The monoisotopic (exact) mass is 547 g/mol. The van der Waals surface area contributed by atoms with Crippen molar-refractivity contribution < 1.29 is 9.18 Å². The van der Waals surface area contributed by atoms with Crippen LogP contribution in [0.3, 0.4) is 0 Å². The van der Waals surface area contributed by atoms with Crippen LogP contribution in [0.2, 0.25) is 0 Å². The van der Waals surface area contributed by atoms with Gasteiger partial charge in [0.2, 0.25) is 5.91 Å². The fourth-order valence-electron chi connectivity index (χ4n) is 3.73. The van der Waals surface area contributed by atoms with Crippen LogP contribution in [-0.2, 0) is 10.2 Å². The Balaban J connectivity index is 0.00000480. The van der Waals surface area contributed by atoms with E-state index in [1.54, 1.807) is 12.1 Å². The average molecular weight is 548 g/mol. The zero-order valence-electron chi connectivity index (χ0n) is 19.1. The van der Waals surface area contributed by atoms with E-state index in [4.69, 9.17) is 10.7 Å². The third kappa shape index (κ3) is 9.72. The van der Waals surface area contributed by atoms with Gasteiger partial charge in [0.15, 0.2) is 5.96 Å². The van der Waals surface area contributed by atoms with E-state index >= 15 is 0 Å². The van der Waals surface area contributed by atoms with Crippen molar-refractivity contribution in [3.05, 3.63) is 35.6 Å². The van der Waals surface area contributed by atoms with Crippen molar-refractivity contribution in [1.82, 2.24) is 15.5 Å². The van der Waals surface area contributed by atoms with Crippen molar-refractivity contribution >= 4 is 35.8 Å². The van der Waals surface area contributed by atoms with E-state index < -0.39 is 0 Å². The number of likely N-dealkylation sites (tertiary alicyclic amines) is 1. The predicted octanol–water partition coefficient (Wildman–Crippen LogP) is 3.25. The lowest BCUT2D eigenvalue weighted by atomic mass is 9.85. The van der Waals surface area contributed by atoms with E-state index in [9.17, 15) is 9.18 Å². The van der Waals surface area contributed by atoms with Gasteiger partial charge in [-0.3, -0.25) is 9.79 Å². The summed E-state index contributed by atoms with van der Waals surface area (Å²) in [5.74, 6) is 0.478. The molecule has 1 aliphatic heterocycles. The molecule has 0 bridgehead atoms. The third-order valence-electron chi connectivity index (χ3n) is 5.77. The van der Waals surface area contributed by atoms with Crippen LogP contribution in [0.5, 0.6) is 0 Å². The van der Waals surface area contributed by atoms with Crippen LogP contribution in [0, 0.1) is 11.7 Å². The number of hydrogen-bond donors (Lipinski definition) is 3. The Kier molecular flexibility index (Phi) is 12.4. The molecular formula is C23H39FIN5O. The summed E-state index contributed by atoms with van der Waals surface area (Å²) in [6.07, 6.45) is 3.91. The molecule has 0 spiro atoms. The van der Waals surface area contributed by atoms with Crippen molar-refractivity contribution in [3.63, 3.8) is 0 Å². The number of piperidine rings is 1. The highest BCUT2D eigenvalue weighted by molar-refractivity contribution is 14.0. The molecule has 8 heteroatoms. The summed E-state index contributed by atoms with van der Waals surface area (Å²) in [6, 6.07) is 6.75. The zero-order chi connectivity index (χ0) is 22.0. The highest BCUT2D eigenvalue weighted by Gasteiger charge is 2.23. The van der Waals surface area contributed by atoms with Crippen molar-refractivity contribution in [2.75, 3.05) is 39.3 Å². The largest absolute Gasteiger partial charge is 0.369 e. The molecule has 0 saturated carbocycles. The normalized spacial score (nSPS) is 15.9. The van der Waals surface area contributed by atoms with Gasteiger partial charge in [-0.25, -0.2) is 4.39 Å². The number of amides is 1. The molecule has 176 valence electrons. The fourth-order valence-corrected chi connectivity index (χ4v) is 3.73. The standard InChI is InChI=1S/C23H38FN5O.HI/c1-4-26-22(28-17-23(2,3)19-8-7-9-20(24)16-19)27-12-5-6-13-29-14-10-18(11-15-29)21(25)30;/h7-9,16,18H,4-6,10-15,17H2,1-3H3,(H2,25,30)(H2,26,27,28);1H. The Labute approximate surface area is 203 Å². The SMILES string of the molecule is CCNC(=NCC(C)(C)c1cccc(F)c1)NCCCCN1CCC(C(N)=O)CC1.I. The number of benzene rings is 1. The number of hydrogen-bond acceptors (Lipinski definition) is 3. The predicted molar refractivity (Wildman–Crippen MR) is 136 cm³/mol. The Morgan fingerprint density at radius 2 is 1.97 bits per heavy atom. The minimum atomic E-state index is -0.249. The smallest absolute Gasteiger partial charge is 0.220 e. The number of guanidine groups is 1. The molecule has 1 aliphatic rings. The first-order chi connectivity index (χ1) is 14.3. The minimum Gasteiger partial charge on any atom is -0.369 e. The van der Waals surface area contributed by atoms with Crippen molar-refractivity contribution in [2.24, 2.45) is 16.6 Å². The second-order valence-corrected chi connectivity index (χ2v) is 8.74. The Morgan fingerprint density at radius 3 is 2.58 bits per heavy atom. The van der Waals surface area contributed by atoms with Gasteiger partial charge >= 0.3 is 0 Å². The molecule has 1 aromatic carbocycles. The van der Waals surface area contributed by atoms with Gasteiger partial charge in [-0.05, 0) is 69.9 Å². The van der Waals surface area contributed by atoms with Gasteiger partial charge in [-0.15, -0.1) is 24.0 Å². The van der Waals surface area contributed by atoms with Crippen molar-refractivity contribution in [1.29, 1.82) is 0 Å². The van der Waals surface area contributed by atoms with Gasteiger partial charge < -0.3 is 21.3 Å². The van der Waals surface area contributed by atoms with E-state index in [1.165, 1.54) is 6.07 Å². The molecule has 2 rings (SSSR count). The highest BCUT2D eigenvalue weighted by atomic mass is 127. The first kappa shape index (κ1) is 27.6. The first-order valence-corrected chi connectivity index (χ1v) is 11.1. The summed E-state index contributed by atoms with van der Waals surface area (Å²) in [6.45, 7) is 11.4. The maximum absolute atomic E-state index is 13.6. The molecule has 1 amide bonds. The number of halogens is 2. The quantitative estimate of drug-likeness (QED) is 0.182. The van der Waals surface area contributed by atoms with E-state index in [-0.39, 0.29) is 47.0 Å². The number of carbonyl (C=O) groups excluding carboxylic acids is 1. The molecule has 0 unspecified atom stereocenters. The summed E-state index contributed by atoms with van der Waals surface area (Å²) < 4.78 is 13.6. The number of nitrogens with zero attached hydrogens (tertiary/aromatic N) is 2. The average Bonchev–Trinajstić information content (AvgIpc) is 2.72. The second-order valence-electron chi connectivity index (χ2n) is 8.74. The van der Waals surface area contributed by atoms with Crippen LogP contribution < -0.4 is 16.4 Å². The Hall–Kier alpha value is -1.42. The number of nitrogens with one attached hydrogen (secondary N) is 2. The molecule has 1 aromatic rings. The number of nitrogens with two attached hydrogens (primary N) is 1. The van der Waals surface area contributed by atoms with Gasteiger partial charge in [0.1, 0.15) is 5.82 Å². The van der Waals surface area contributed by atoms with Crippen LogP contribution in [0.25, 0.3) is 0 Å². The number of carbonyl (C=O) groups is 1. The van der Waals surface area contributed by atoms with Crippen molar-refractivity contribution in [2.45, 2.75) is 51.9 Å². The molecule has 4 N–H and O–H groups in total. The van der Waals surface area contributed by atoms with E-state index in [1.807, 2.05) is 13.0 Å². The summed E-state index contributed by atoms with van der Waals surface area (Å²) in [4.78, 5) is 18.4. The summed E-state index contributed by atoms with van der Waals surface area (Å²) in [5.41, 5.74) is 6.09. The van der Waals surface area contributed by atoms with Gasteiger partial charge in [0.25, 0.3) is 0 Å². The number of aliphatic imine (C=N–C) groups is 1. The lowest BCUT2D eigenvalue weighted by Crippen LogP contribution is -2.40. The van der Waals surface area contributed by atoms with Gasteiger partial charge in [0.05, 0.1) is 6.54 Å². The number of rotatable bonds is 10. The molecule has 1 heterocycles. The third-order valence-corrected chi connectivity index (χ3v) is 5.77. The first-order valence-electron chi connectivity index (χ1n) is 11.1. The molecule has 1 saturated heterocycles. The van der Waals surface area contributed by atoms with Crippen LogP contribution in [0.1, 0.15) is 52.0 Å². The van der Waals surface area contributed by atoms with Gasteiger partial charge in [0, 0.05) is 24.4 Å². The van der Waals surface area contributed by atoms with E-state index in [2.05, 4.69) is 29.4 Å². The zero-order valence-corrected chi connectivity index (χ0v) is 21.5. The van der Waals surface area contributed by atoms with Crippen LogP contribution in [-0.4, -0.2) is 56.0 Å². The fraction of sp³-hybridized carbons (Fsp3) is 0.652. The van der Waals surface area contributed by atoms with Crippen LogP contribution in [0.4, 0.5) is 4.39 Å². The molecular weight excluding hydrogens is 508 g/mol. The molecule has 0 atom stereocenters. The minimum absolute atomic E-state index is 0. The molecule has 0 aromatic heterocycles. The maximum Gasteiger partial charge on any atom is 0.220 e. The summed E-state index contributed by atoms with van der Waals surface area (Å²) in [7, 11) is 0. The molecule has 31 heavy (non-hydrogen) atoms. The molecule has 1 fully saturated rings. The number of unbranched alkanes of at least 4 members (excludes halogenated alkanes) is 1. The Bertz CT molecular complexity index is 705. The summed E-state index contributed by atoms with van der Waals surface area (Å²) >= 11 is 0. The molecule has 6 nitrogen and oxygen atoms in total. The van der Waals surface area contributed by atoms with Crippen LogP contribution >= 0.6 is 24.0 Å². The molecule has 0 aliphatic carbocycles. The van der Waals surface area contributed by atoms with Crippen LogP contribution in [0.15, 0.2) is 29.3 Å². The number of primary amides is 1. The van der Waals surface area contributed by atoms with Gasteiger partial charge in [-0.2, -0.15) is 0 Å². The lowest BCUT2D eigenvalue weighted by Gasteiger charge is -2.30. The topological polar surface area (TPSA) is 82.8 Å². The Morgan fingerprint density at radius 1 is 1.26 bits per heavy atom. The highest BCUT2D eigenvalue weighted by Crippen LogP contribution is 2.24. The maximum atomic E-state index is 13.6. The lowest BCUT2D eigenvalue weighted by molar-refractivity contribution is -0.123. The van der Waals surface area contributed by atoms with E-state index in [0.717, 1.165) is 69.9 Å². The molecule has 0 radical (unpaired) electrons. The van der Waals surface area contributed by atoms with Gasteiger partial charge in [-0.1, -0.05) is 26.0 Å². The van der Waals surface area contributed by atoms with E-state index in [0.29, 0.717) is 6.54 Å². The van der Waals surface area contributed by atoms with Crippen molar-refractivity contribution in [3.8, 4) is 0 Å². The summed E-state index contributed by atoms with van der Waals surface area (Å²) in [5, 5.41) is 6.69. The second kappa shape index (κ2) is 13.9.